The van der Waals surface area contributed by atoms with E-state index in [-0.39, 0.29) is 17.4 Å². The zero-order valence-electron chi connectivity index (χ0n) is 13.4. The molecule has 0 saturated heterocycles. The molecule has 0 unspecified atom stereocenters. The summed E-state index contributed by atoms with van der Waals surface area (Å²) in [6.07, 6.45) is 0. The van der Waals surface area contributed by atoms with Crippen LogP contribution in [0.1, 0.15) is 18.1 Å². The maximum Gasteiger partial charge on any atom is 0.296 e. The monoisotopic (exact) mass is 334 g/mol. The summed E-state index contributed by atoms with van der Waals surface area (Å²) in [4.78, 5) is 0.181. The highest BCUT2D eigenvalue weighted by Gasteiger charge is 2.16. The van der Waals surface area contributed by atoms with Crippen LogP contribution in [-0.2, 0) is 25.6 Å². The van der Waals surface area contributed by atoms with Crippen molar-refractivity contribution in [2.75, 3.05) is 13.2 Å². The van der Waals surface area contributed by atoms with Crippen molar-refractivity contribution in [3.05, 3.63) is 65.7 Å². The zero-order chi connectivity index (χ0) is 16.7. The van der Waals surface area contributed by atoms with Crippen molar-refractivity contribution in [3.8, 4) is 0 Å². The van der Waals surface area contributed by atoms with Gasteiger partial charge in [0.2, 0.25) is 0 Å². The van der Waals surface area contributed by atoms with Gasteiger partial charge in [0.1, 0.15) is 0 Å². The van der Waals surface area contributed by atoms with Gasteiger partial charge in [0, 0.05) is 5.92 Å². The number of aryl methyl sites for hydroxylation is 1. The first-order valence-corrected chi connectivity index (χ1v) is 8.96. The normalized spacial score (nSPS) is 13.0. The molecule has 2 aromatic carbocycles. The van der Waals surface area contributed by atoms with E-state index >= 15 is 0 Å². The summed E-state index contributed by atoms with van der Waals surface area (Å²) in [6, 6.07) is 16.5. The van der Waals surface area contributed by atoms with Crippen molar-refractivity contribution in [3.63, 3.8) is 0 Å². The predicted octanol–water partition coefficient (Wildman–Crippen LogP) is 3.55. The largest absolute Gasteiger partial charge is 0.376 e. The fraction of sp³-hybridized carbons (Fsp3) is 0.333. The lowest BCUT2D eigenvalue weighted by Gasteiger charge is -2.13. The molecule has 0 saturated carbocycles. The number of benzene rings is 2. The summed E-state index contributed by atoms with van der Waals surface area (Å²) in [7, 11) is -3.70. The molecule has 0 aromatic heterocycles. The molecular formula is C18H22O4S. The topological polar surface area (TPSA) is 52.6 Å². The summed E-state index contributed by atoms with van der Waals surface area (Å²) in [6.45, 7) is 4.86. The van der Waals surface area contributed by atoms with Gasteiger partial charge in [-0.25, -0.2) is 0 Å². The van der Waals surface area contributed by atoms with Gasteiger partial charge >= 0.3 is 0 Å². The molecule has 0 amide bonds. The van der Waals surface area contributed by atoms with Gasteiger partial charge in [0.25, 0.3) is 10.1 Å². The Bertz CT molecular complexity index is 694. The lowest BCUT2D eigenvalue weighted by atomic mass is 10.2. The van der Waals surface area contributed by atoms with Gasteiger partial charge in [-0.2, -0.15) is 8.42 Å². The maximum absolute atomic E-state index is 12.1. The Morgan fingerprint density at radius 2 is 1.61 bits per heavy atom. The van der Waals surface area contributed by atoms with Crippen molar-refractivity contribution < 1.29 is 17.3 Å². The van der Waals surface area contributed by atoms with Crippen molar-refractivity contribution in [1.82, 2.24) is 0 Å². The van der Waals surface area contributed by atoms with E-state index in [1.54, 1.807) is 24.3 Å². The molecule has 5 heteroatoms. The van der Waals surface area contributed by atoms with Crippen LogP contribution in [0.2, 0.25) is 0 Å². The lowest BCUT2D eigenvalue weighted by molar-refractivity contribution is 0.0753. The number of rotatable bonds is 8. The highest BCUT2D eigenvalue weighted by molar-refractivity contribution is 7.86. The predicted molar refractivity (Wildman–Crippen MR) is 89.6 cm³/mol. The van der Waals surface area contributed by atoms with E-state index in [0.717, 1.165) is 11.1 Å². The highest BCUT2D eigenvalue weighted by atomic mass is 32.2. The fourth-order valence-corrected chi connectivity index (χ4v) is 3.00. The Balaban J connectivity index is 1.77. The van der Waals surface area contributed by atoms with E-state index in [2.05, 4.69) is 0 Å². The van der Waals surface area contributed by atoms with E-state index in [1.165, 1.54) is 0 Å². The first-order chi connectivity index (χ1) is 11.0. The van der Waals surface area contributed by atoms with Gasteiger partial charge in [0.05, 0.1) is 24.7 Å². The molecule has 0 heterocycles. The van der Waals surface area contributed by atoms with Crippen molar-refractivity contribution in [1.29, 1.82) is 0 Å². The molecule has 0 N–H and O–H groups in total. The molecule has 2 rings (SSSR count). The number of hydrogen-bond acceptors (Lipinski definition) is 4. The Morgan fingerprint density at radius 1 is 0.957 bits per heavy atom. The Hall–Kier alpha value is -1.69. The van der Waals surface area contributed by atoms with Crippen molar-refractivity contribution >= 4 is 10.1 Å². The van der Waals surface area contributed by atoms with E-state index in [9.17, 15) is 8.42 Å². The van der Waals surface area contributed by atoms with E-state index in [1.807, 2.05) is 44.2 Å². The molecule has 0 fully saturated rings. The summed E-state index contributed by atoms with van der Waals surface area (Å²) >= 11 is 0. The van der Waals surface area contributed by atoms with Crippen LogP contribution in [-0.4, -0.2) is 21.6 Å². The van der Waals surface area contributed by atoms with Gasteiger partial charge in [-0.15, -0.1) is 0 Å². The molecule has 124 valence electrons. The van der Waals surface area contributed by atoms with E-state index in [0.29, 0.717) is 13.2 Å². The van der Waals surface area contributed by atoms with Crippen molar-refractivity contribution in [2.45, 2.75) is 25.3 Å². The Kier molecular flexibility index (Phi) is 6.33. The van der Waals surface area contributed by atoms with Gasteiger partial charge in [0.15, 0.2) is 0 Å². The molecule has 0 radical (unpaired) electrons. The molecule has 1 atom stereocenters. The molecule has 23 heavy (non-hydrogen) atoms. The Morgan fingerprint density at radius 3 is 2.26 bits per heavy atom. The molecule has 0 bridgehead atoms. The van der Waals surface area contributed by atoms with Gasteiger partial charge in [-0.3, -0.25) is 4.18 Å². The second-order valence-electron chi connectivity index (χ2n) is 5.66. The van der Waals surface area contributed by atoms with Crippen LogP contribution in [0.25, 0.3) is 0 Å². The Labute approximate surface area is 138 Å². The van der Waals surface area contributed by atoms with Gasteiger partial charge in [-0.1, -0.05) is 55.0 Å². The first-order valence-electron chi connectivity index (χ1n) is 7.55. The molecular weight excluding hydrogens is 312 g/mol. The minimum atomic E-state index is -3.70. The van der Waals surface area contributed by atoms with Gasteiger partial charge < -0.3 is 4.74 Å². The summed E-state index contributed by atoms with van der Waals surface area (Å²) < 4.78 is 34.9. The molecule has 0 aliphatic rings. The van der Waals surface area contributed by atoms with Crippen LogP contribution in [0.15, 0.2) is 59.5 Å². The third-order valence-electron chi connectivity index (χ3n) is 3.33. The van der Waals surface area contributed by atoms with Crippen LogP contribution < -0.4 is 0 Å². The quantitative estimate of drug-likeness (QED) is 0.693. The molecule has 2 aromatic rings. The highest BCUT2D eigenvalue weighted by Crippen LogP contribution is 2.14. The standard InChI is InChI=1S/C18H22O4S/c1-15-8-10-18(11-9-15)23(19,20)22-13-16(2)12-21-14-17-6-4-3-5-7-17/h3-11,16H,12-14H2,1-2H3/t16-/m1/s1. The molecule has 0 aliphatic carbocycles. The minimum absolute atomic E-state index is 0.0149. The maximum atomic E-state index is 12.1. The third kappa shape index (κ3) is 5.78. The average Bonchev–Trinajstić information content (AvgIpc) is 2.54. The van der Waals surface area contributed by atoms with Gasteiger partial charge in [-0.05, 0) is 24.6 Å². The second-order valence-corrected chi connectivity index (χ2v) is 7.27. The smallest absolute Gasteiger partial charge is 0.296 e. The minimum Gasteiger partial charge on any atom is -0.376 e. The second kappa shape index (κ2) is 8.24. The van der Waals surface area contributed by atoms with Crippen molar-refractivity contribution in [2.24, 2.45) is 5.92 Å². The lowest BCUT2D eigenvalue weighted by Crippen LogP contribution is -2.16. The SMILES string of the molecule is Cc1ccc(S(=O)(=O)OC[C@H](C)COCc2ccccc2)cc1. The number of hydrogen-bond donors (Lipinski definition) is 0. The molecule has 4 nitrogen and oxygen atoms in total. The molecule has 0 aliphatic heterocycles. The first kappa shape index (κ1) is 17.7. The van der Waals surface area contributed by atoms with E-state index in [4.69, 9.17) is 8.92 Å². The third-order valence-corrected chi connectivity index (χ3v) is 4.63. The van der Waals surface area contributed by atoms with Crippen LogP contribution in [0.4, 0.5) is 0 Å². The summed E-state index contributed by atoms with van der Waals surface area (Å²) in [5.41, 5.74) is 2.10. The summed E-state index contributed by atoms with van der Waals surface area (Å²) in [5, 5.41) is 0. The van der Waals surface area contributed by atoms with E-state index < -0.39 is 10.1 Å². The van der Waals surface area contributed by atoms with Crippen LogP contribution in [0, 0.1) is 12.8 Å². The zero-order valence-corrected chi connectivity index (χ0v) is 14.3. The van der Waals surface area contributed by atoms with Crippen LogP contribution in [0.3, 0.4) is 0 Å². The fourth-order valence-electron chi connectivity index (χ4n) is 1.98. The number of ether oxygens (including phenoxy) is 1. The molecule has 0 spiro atoms. The summed E-state index contributed by atoms with van der Waals surface area (Å²) in [5.74, 6) is -0.0149. The van der Waals surface area contributed by atoms with Crippen LogP contribution in [0.5, 0.6) is 0 Å². The average molecular weight is 334 g/mol. The van der Waals surface area contributed by atoms with Crippen LogP contribution >= 0.6 is 0 Å².